The summed E-state index contributed by atoms with van der Waals surface area (Å²) in [5.74, 6) is 0.0898. The van der Waals surface area contributed by atoms with Gasteiger partial charge < -0.3 is 0 Å². The maximum absolute atomic E-state index is 12.0. The Labute approximate surface area is 92.3 Å². The highest BCUT2D eigenvalue weighted by molar-refractivity contribution is 6.04. The van der Waals surface area contributed by atoms with Crippen LogP contribution in [0.2, 0.25) is 0 Å². The van der Waals surface area contributed by atoms with Gasteiger partial charge >= 0.3 is 0 Å². The highest BCUT2D eigenvalue weighted by Gasteiger charge is 2.16. The van der Waals surface area contributed by atoms with Crippen LogP contribution in [0.25, 0.3) is 0 Å². The predicted octanol–water partition coefficient (Wildman–Crippen LogP) is 0.785. The van der Waals surface area contributed by atoms with Crippen molar-refractivity contribution in [2.75, 3.05) is 11.9 Å². The third kappa shape index (κ3) is 1.90. The SMILES string of the molecule is Cc1ccc(C(=O)N(C)c2nn[nH]n2)cc1. The molecule has 1 N–H and O–H groups in total. The fourth-order valence-electron chi connectivity index (χ4n) is 1.28. The van der Waals surface area contributed by atoms with Crippen LogP contribution in [-0.2, 0) is 0 Å². The number of hydrogen-bond donors (Lipinski definition) is 1. The number of H-pyrrole nitrogens is 1. The molecule has 0 fully saturated rings. The second-order valence-electron chi connectivity index (χ2n) is 3.44. The molecule has 2 rings (SSSR count). The van der Waals surface area contributed by atoms with Gasteiger partial charge in [0.05, 0.1) is 0 Å². The van der Waals surface area contributed by atoms with E-state index >= 15 is 0 Å². The summed E-state index contributed by atoms with van der Waals surface area (Å²) >= 11 is 0. The van der Waals surface area contributed by atoms with Crippen molar-refractivity contribution >= 4 is 11.9 Å². The number of benzene rings is 1. The van der Waals surface area contributed by atoms with Gasteiger partial charge in [0.1, 0.15) is 0 Å². The summed E-state index contributed by atoms with van der Waals surface area (Å²) in [6.07, 6.45) is 0. The van der Waals surface area contributed by atoms with Crippen molar-refractivity contribution < 1.29 is 4.79 Å². The van der Waals surface area contributed by atoms with Crippen molar-refractivity contribution in [3.63, 3.8) is 0 Å². The van der Waals surface area contributed by atoms with Crippen LogP contribution >= 0.6 is 0 Å². The number of hydrogen-bond acceptors (Lipinski definition) is 4. The maximum atomic E-state index is 12.0. The average molecular weight is 217 g/mol. The van der Waals surface area contributed by atoms with Crippen molar-refractivity contribution in [3.8, 4) is 0 Å². The maximum Gasteiger partial charge on any atom is 0.272 e. The summed E-state index contributed by atoms with van der Waals surface area (Å²) in [6.45, 7) is 1.97. The smallest absolute Gasteiger partial charge is 0.272 e. The highest BCUT2D eigenvalue weighted by Crippen LogP contribution is 2.09. The predicted molar refractivity (Wildman–Crippen MR) is 58.1 cm³/mol. The highest BCUT2D eigenvalue weighted by atomic mass is 16.2. The van der Waals surface area contributed by atoms with Crippen molar-refractivity contribution in [3.05, 3.63) is 35.4 Å². The summed E-state index contributed by atoms with van der Waals surface area (Å²) in [5.41, 5.74) is 1.71. The fourth-order valence-corrected chi connectivity index (χ4v) is 1.28. The Morgan fingerprint density at radius 3 is 2.56 bits per heavy atom. The number of anilines is 1. The average Bonchev–Trinajstić information content (AvgIpc) is 2.81. The number of nitrogens with zero attached hydrogens (tertiary/aromatic N) is 4. The standard InChI is InChI=1S/C10H11N5O/c1-7-3-5-8(6-4-7)9(16)15(2)10-11-13-14-12-10/h3-6H,1-2H3,(H,11,12,13,14). The molecule has 6 heteroatoms. The molecule has 2 aromatic rings. The van der Waals surface area contributed by atoms with Crippen molar-refractivity contribution in [2.24, 2.45) is 0 Å². The Morgan fingerprint density at radius 1 is 1.31 bits per heavy atom. The molecule has 1 heterocycles. The van der Waals surface area contributed by atoms with Crippen LogP contribution < -0.4 is 4.90 Å². The minimum absolute atomic E-state index is 0.165. The first kappa shape index (κ1) is 10.3. The van der Waals surface area contributed by atoms with E-state index in [1.54, 1.807) is 19.2 Å². The zero-order valence-corrected chi connectivity index (χ0v) is 9.01. The molecule has 0 aliphatic heterocycles. The van der Waals surface area contributed by atoms with Crippen molar-refractivity contribution in [2.45, 2.75) is 6.92 Å². The molecule has 0 radical (unpaired) electrons. The van der Waals surface area contributed by atoms with Gasteiger partial charge in [-0.2, -0.15) is 5.21 Å². The Bertz CT molecular complexity index is 476. The van der Waals surface area contributed by atoms with Gasteiger partial charge in [-0.05, 0) is 24.3 Å². The Balaban J connectivity index is 2.22. The Hall–Kier alpha value is -2.24. The molecule has 0 bridgehead atoms. The lowest BCUT2D eigenvalue weighted by atomic mass is 10.1. The molecule has 82 valence electrons. The van der Waals surface area contributed by atoms with Crippen LogP contribution in [0.15, 0.2) is 24.3 Å². The van der Waals surface area contributed by atoms with Gasteiger partial charge in [0.2, 0.25) is 0 Å². The van der Waals surface area contributed by atoms with E-state index in [1.807, 2.05) is 19.1 Å². The number of tetrazole rings is 1. The molecular formula is C10H11N5O. The number of aromatic amines is 1. The summed E-state index contributed by atoms with van der Waals surface area (Å²) in [5, 5.41) is 13.2. The van der Waals surface area contributed by atoms with Crippen LogP contribution in [0.1, 0.15) is 15.9 Å². The lowest BCUT2D eigenvalue weighted by molar-refractivity contribution is 0.0991. The van der Waals surface area contributed by atoms with Crippen LogP contribution in [0.5, 0.6) is 0 Å². The first-order valence-corrected chi connectivity index (χ1v) is 4.76. The molecule has 0 aliphatic carbocycles. The van der Waals surface area contributed by atoms with Crippen molar-refractivity contribution in [1.82, 2.24) is 20.6 Å². The van der Waals surface area contributed by atoms with E-state index in [0.29, 0.717) is 5.56 Å². The lowest BCUT2D eigenvalue weighted by Gasteiger charge is -2.11. The van der Waals surface area contributed by atoms with Gasteiger partial charge in [-0.1, -0.05) is 22.8 Å². The molecule has 0 unspecified atom stereocenters. The number of carbonyl (C=O) groups excluding carboxylic acids is 1. The molecule has 1 aromatic carbocycles. The second kappa shape index (κ2) is 4.09. The third-order valence-electron chi connectivity index (χ3n) is 2.24. The molecule has 0 spiro atoms. The summed E-state index contributed by atoms with van der Waals surface area (Å²) < 4.78 is 0. The largest absolute Gasteiger partial charge is 0.277 e. The first-order valence-electron chi connectivity index (χ1n) is 4.76. The number of rotatable bonds is 2. The minimum Gasteiger partial charge on any atom is -0.277 e. The van der Waals surface area contributed by atoms with Crippen LogP contribution in [-0.4, -0.2) is 33.6 Å². The topological polar surface area (TPSA) is 74.8 Å². The van der Waals surface area contributed by atoms with E-state index in [2.05, 4.69) is 20.6 Å². The monoisotopic (exact) mass is 217 g/mol. The molecule has 16 heavy (non-hydrogen) atoms. The van der Waals surface area contributed by atoms with Gasteiger partial charge in [0, 0.05) is 12.6 Å². The van der Waals surface area contributed by atoms with Gasteiger partial charge in [-0.15, -0.1) is 5.10 Å². The number of aryl methyl sites for hydroxylation is 1. The first-order chi connectivity index (χ1) is 7.68. The minimum atomic E-state index is -0.165. The zero-order chi connectivity index (χ0) is 11.5. The van der Waals surface area contributed by atoms with E-state index in [-0.39, 0.29) is 11.9 Å². The molecule has 0 aliphatic rings. The number of nitrogens with one attached hydrogen (secondary N) is 1. The molecule has 6 nitrogen and oxygen atoms in total. The summed E-state index contributed by atoms with van der Waals surface area (Å²) in [6, 6.07) is 7.32. The lowest BCUT2D eigenvalue weighted by Crippen LogP contribution is -2.27. The van der Waals surface area contributed by atoms with Gasteiger partial charge in [-0.25, -0.2) is 0 Å². The normalized spacial score (nSPS) is 10.1. The molecule has 1 aromatic heterocycles. The number of amides is 1. The number of carbonyl (C=O) groups is 1. The van der Waals surface area contributed by atoms with Gasteiger partial charge in [0.25, 0.3) is 11.9 Å². The number of aromatic nitrogens is 4. The third-order valence-corrected chi connectivity index (χ3v) is 2.24. The summed E-state index contributed by atoms with van der Waals surface area (Å²) in [7, 11) is 1.60. The molecule has 0 atom stereocenters. The second-order valence-corrected chi connectivity index (χ2v) is 3.44. The summed E-state index contributed by atoms with van der Waals surface area (Å²) in [4.78, 5) is 13.3. The molecule has 1 amide bonds. The zero-order valence-electron chi connectivity index (χ0n) is 9.01. The molecule has 0 saturated carbocycles. The van der Waals surface area contributed by atoms with Crippen LogP contribution in [0, 0.1) is 6.92 Å². The quantitative estimate of drug-likeness (QED) is 0.806. The van der Waals surface area contributed by atoms with Gasteiger partial charge in [-0.3, -0.25) is 9.69 Å². The van der Waals surface area contributed by atoms with Crippen molar-refractivity contribution in [1.29, 1.82) is 0 Å². The van der Waals surface area contributed by atoms with Crippen LogP contribution in [0.3, 0.4) is 0 Å². The Morgan fingerprint density at radius 2 is 2.00 bits per heavy atom. The van der Waals surface area contributed by atoms with E-state index in [4.69, 9.17) is 0 Å². The van der Waals surface area contributed by atoms with E-state index < -0.39 is 0 Å². The van der Waals surface area contributed by atoms with E-state index in [9.17, 15) is 4.79 Å². The molecular weight excluding hydrogens is 206 g/mol. The Kier molecular flexibility index (Phi) is 2.63. The van der Waals surface area contributed by atoms with E-state index in [1.165, 1.54) is 4.90 Å². The fraction of sp³-hybridized carbons (Fsp3) is 0.200. The van der Waals surface area contributed by atoms with Crippen LogP contribution in [0.4, 0.5) is 5.95 Å². The van der Waals surface area contributed by atoms with Gasteiger partial charge in [0.15, 0.2) is 0 Å². The molecule has 0 saturated heterocycles. The van der Waals surface area contributed by atoms with E-state index in [0.717, 1.165) is 5.56 Å².